The van der Waals surface area contributed by atoms with Crippen molar-refractivity contribution in [2.75, 3.05) is 7.11 Å². The third kappa shape index (κ3) is 3.86. The molecule has 1 heterocycles. The Morgan fingerprint density at radius 1 is 1.23 bits per heavy atom. The number of rotatable bonds is 5. The maximum absolute atomic E-state index is 13.4. The predicted molar refractivity (Wildman–Crippen MR) is 100 cm³/mol. The van der Waals surface area contributed by atoms with Crippen LogP contribution in [0, 0.1) is 5.82 Å². The zero-order valence-corrected chi connectivity index (χ0v) is 15.4. The van der Waals surface area contributed by atoms with Gasteiger partial charge in [-0.25, -0.2) is 4.39 Å². The lowest BCUT2D eigenvalue weighted by molar-refractivity contribution is -0.141. The smallest absolute Gasteiger partial charge is 0.307 e. The summed E-state index contributed by atoms with van der Waals surface area (Å²) >= 11 is 7.41. The van der Waals surface area contributed by atoms with Gasteiger partial charge < -0.3 is 10.1 Å². The van der Waals surface area contributed by atoms with Gasteiger partial charge in [0.15, 0.2) is 0 Å². The third-order valence-corrected chi connectivity index (χ3v) is 5.56. The molecule has 2 aromatic carbocycles. The number of ether oxygens (including phenoxy) is 1. The summed E-state index contributed by atoms with van der Waals surface area (Å²) in [4.78, 5) is 24.7. The van der Waals surface area contributed by atoms with Crippen molar-refractivity contribution >= 4 is 44.9 Å². The maximum Gasteiger partial charge on any atom is 0.307 e. The topological polar surface area (TPSA) is 55.4 Å². The van der Waals surface area contributed by atoms with Crippen molar-refractivity contribution in [3.63, 3.8) is 0 Å². The first-order chi connectivity index (χ1) is 12.5. The van der Waals surface area contributed by atoms with Crippen molar-refractivity contribution in [1.29, 1.82) is 0 Å². The number of halogens is 2. The number of hydrogen-bond acceptors (Lipinski definition) is 4. The summed E-state index contributed by atoms with van der Waals surface area (Å²) in [6, 6.07) is 12.7. The quantitative estimate of drug-likeness (QED) is 0.640. The monoisotopic (exact) mass is 391 g/mol. The number of carbonyl (C=O) groups excluding carboxylic acids is 2. The Balaban J connectivity index is 1.90. The number of amides is 1. The Kier molecular flexibility index (Phi) is 5.54. The molecule has 26 heavy (non-hydrogen) atoms. The van der Waals surface area contributed by atoms with Crippen molar-refractivity contribution in [1.82, 2.24) is 5.32 Å². The predicted octanol–water partition coefficient (Wildman–Crippen LogP) is 4.73. The lowest BCUT2D eigenvalue weighted by atomic mass is 10.0. The second kappa shape index (κ2) is 7.85. The van der Waals surface area contributed by atoms with E-state index in [1.807, 2.05) is 30.3 Å². The van der Waals surface area contributed by atoms with Gasteiger partial charge in [0.1, 0.15) is 10.7 Å². The van der Waals surface area contributed by atoms with Crippen molar-refractivity contribution in [3.8, 4) is 0 Å². The lowest BCUT2D eigenvalue weighted by Crippen LogP contribution is -2.30. The van der Waals surface area contributed by atoms with Crippen molar-refractivity contribution in [2.45, 2.75) is 12.5 Å². The molecule has 3 aromatic rings. The van der Waals surface area contributed by atoms with E-state index >= 15 is 0 Å². The zero-order valence-electron chi connectivity index (χ0n) is 13.8. The van der Waals surface area contributed by atoms with Gasteiger partial charge in [-0.1, -0.05) is 41.9 Å². The molecular weight excluding hydrogens is 377 g/mol. The van der Waals surface area contributed by atoms with Gasteiger partial charge in [-0.15, -0.1) is 11.3 Å². The molecule has 0 saturated heterocycles. The van der Waals surface area contributed by atoms with Crippen LogP contribution < -0.4 is 5.32 Å². The fourth-order valence-corrected chi connectivity index (χ4v) is 4.04. The third-order valence-electron chi connectivity index (χ3n) is 3.90. The molecule has 1 atom stereocenters. The summed E-state index contributed by atoms with van der Waals surface area (Å²) in [5.41, 5.74) is 0.773. The van der Waals surface area contributed by atoms with E-state index in [1.54, 1.807) is 6.07 Å². The molecule has 1 unspecified atom stereocenters. The molecule has 0 radical (unpaired) electrons. The number of carbonyl (C=O) groups is 2. The van der Waals surface area contributed by atoms with E-state index in [0.29, 0.717) is 10.1 Å². The number of thiophene rings is 1. The van der Waals surface area contributed by atoms with Gasteiger partial charge in [0.05, 0.1) is 24.6 Å². The van der Waals surface area contributed by atoms with E-state index in [0.717, 1.165) is 16.9 Å². The van der Waals surface area contributed by atoms with Crippen molar-refractivity contribution in [2.24, 2.45) is 0 Å². The minimum Gasteiger partial charge on any atom is -0.469 e. The number of esters is 1. The first-order valence-electron chi connectivity index (χ1n) is 7.79. The molecule has 7 heteroatoms. The summed E-state index contributed by atoms with van der Waals surface area (Å²) < 4.78 is 18.7. The second-order valence-corrected chi connectivity index (χ2v) is 7.03. The van der Waals surface area contributed by atoms with E-state index in [-0.39, 0.29) is 16.3 Å². The van der Waals surface area contributed by atoms with E-state index in [1.165, 1.54) is 19.2 Å². The number of nitrogens with one attached hydrogen (secondary N) is 1. The van der Waals surface area contributed by atoms with Gasteiger partial charge in [0.2, 0.25) is 0 Å². The number of hydrogen-bond donors (Lipinski definition) is 1. The van der Waals surface area contributed by atoms with Crippen LogP contribution in [0.5, 0.6) is 0 Å². The molecule has 0 spiro atoms. The van der Waals surface area contributed by atoms with Crippen LogP contribution in [0.15, 0.2) is 48.5 Å². The fourth-order valence-electron chi connectivity index (χ4n) is 2.60. The van der Waals surface area contributed by atoms with Crippen LogP contribution in [0.4, 0.5) is 4.39 Å². The molecule has 4 nitrogen and oxygen atoms in total. The van der Waals surface area contributed by atoms with Gasteiger partial charge in [0, 0.05) is 10.1 Å². The Hall–Kier alpha value is -2.44. The molecule has 0 saturated carbocycles. The number of fused-ring (bicyclic) bond motifs is 1. The van der Waals surface area contributed by atoms with E-state index in [4.69, 9.17) is 16.3 Å². The standard InChI is InChI=1S/C19H15ClFNO3S/c1-25-16(23)10-14(11-5-3-2-4-6-11)22-19(24)18-17(20)13-8-7-12(21)9-15(13)26-18/h2-9,14H,10H2,1H3,(H,22,24). The second-order valence-electron chi connectivity index (χ2n) is 5.60. The van der Waals surface area contributed by atoms with Crippen LogP contribution in [0.2, 0.25) is 5.02 Å². The van der Waals surface area contributed by atoms with E-state index < -0.39 is 23.7 Å². The molecule has 1 amide bonds. The van der Waals surface area contributed by atoms with Gasteiger partial charge in [-0.3, -0.25) is 9.59 Å². The number of benzene rings is 2. The van der Waals surface area contributed by atoms with Crippen LogP contribution in [0.25, 0.3) is 10.1 Å². The molecule has 1 N–H and O–H groups in total. The first kappa shape index (κ1) is 18.4. The van der Waals surface area contributed by atoms with E-state index in [9.17, 15) is 14.0 Å². The average Bonchev–Trinajstić information content (AvgIpc) is 2.97. The highest BCUT2D eigenvalue weighted by Gasteiger charge is 2.23. The molecule has 0 aliphatic heterocycles. The Labute approximate surface area is 158 Å². The molecular formula is C19H15ClFNO3S. The molecule has 0 aliphatic carbocycles. The summed E-state index contributed by atoms with van der Waals surface area (Å²) in [6.45, 7) is 0. The van der Waals surface area contributed by atoms with Crippen LogP contribution in [0.1, 0.15) is 27.7 Å². The summed E-state index contributed by atoms with van der Waals surface area (Å²) in [7, 11) is 1.30. The van der Waals surface area contributed by atoms with Gasteiger partial charge in [-0.2, -0.15) is 0 Å². The van der Waals surface area contributed by atoms with Gasteiger partial charge >= 0.3 is 5.97 Å². The summed E-state index contributed by atoms with van der Waals surface area (Å²) in [5, 5.41) is 3.71. The zero-order chi connectivity index (χ0) is 18.7. The first-order valence-corrected chi connectivity index (χ1v) is 8.99. The Morgan fingerprint density at radius 3 is 2.65 bits per heavy atom. The molecule has 0 bridgehead atoms. The van der Waals surface area contributed by atoms with Gasteiger partial charge in [0.25, 0.3) is 5.91 Å². The molecule has 0 aliphatic rings. The minimum atomic E-state index is -0.561. The highest BCUT2D eigenvalue weighted by atomic mass is 35.5. The molecule has 134 valence electrons. The highest BCUT2D eigenvalue weighted by Crippen LogP contribution is 2.36. The van der Waals surface area contributed by atoms with Crippen LogP contribution in [0.3, 0.4) is 0 Å². The highest BCUT2D eigenvalue weighted by molar-refractivity contribution is 7.21. The normalized spacial score (nSPS) is 12.0. The average molecular weight is 392 g/mol. The lowest BCUT2D eigenvalue weighted by Gasteiger charge is -2.18. The van der Waals surface area contributed by atoms with Crippen LogP contribution in [-0.4, -0.2) is 19.0 Å². The SMILES string of the molecule is COC(=O)CC(NC(=O)c1sc2cc(F)ccc2c1Cl)c1ccccc1. The fraction of sp³-hybridized carbons (Fsp3) is 0.158. The summed E-state index contributed by atoms with van der Waals surface area (Å²) in [5.74, 6) is -1.26. The summed E-state index contributed by atoms with van der Waals surface area (Å²) in [6.07, 6.45) is -0.0105. The van der Waals surface area contributed by atoms with Gasteiger partial charge in [-0.05, 0) is 23.8 Å². The van der Waals surface area contributed by atoms with Crippen molar-refractivity contribution < 1.29 is 18.7 Å². The van der Waals surface area contributed by atoms with Crippen LogP contribution >= 0.6 is 22.9 Å². The van der Waals surface area contributed by atoms with Crippen molar-refractivity contribution in [3.05, 3.63) is 69.8 Å². The largest absolute Gasteiger partial charge is 0.469 e. The Morgan fingerprint density at radius 2 is 1.96 bits per heavy atom. The minimum absolute atomic E-state index is 0.0105. The number of methoxy groups -OCH3 is 1. The van der Waals surface area contributed by atoms with Crippen LogP contribution in [-0.2, 0) is 9.53 Å². The molecule has 1 aromatic heterocycles. The maximum atomic E-state index is 13.4. The molecule has 0 fully saturated rings. The molecule has 3 rings (SSSR count). The Bertz CT molecular complexity index is 958. The van der Waals surface area contributed by atoms with E-state index in [2.05, 4.69) is 5.32 Å².